The molecule has 0 aliphatic rings. The van der Waals surface area contributed by atoms with Gasteiger partial charge in [0.2, 0.25) is 0 Å². The Bertz CT molecular complexity index is 756. The van der Waals surface area contributed by atoms with Crippen LogP contribution in [0.5, 0.6) is 0 Å². The van der Waals surface area contributed by atoms with Gasteiger partial charge in [-0.3, -0.25) is 4.79 Å². The highest BCUT2D eigenvalue weighted by molar-refractivity contribution is 5.74. The van der Waals surface area contributed by atoms with Crippen LogP contribution in [0.25, 0.3) is 16.8 Å². The minimum atomic E-state index is -0.164. The monoisotopic (exact) mass is 230 g/mol. The van der Waals surface area contributed by atoms with Gasteiger partial charge in [0.15, 0.2) is 5.52 Å². The molecule has 7 nitrogen and oxygen atoms in total. The molecule has 3 rings (SSSR count). The summed E-state index contributed by atoms with van der Waals surface area (Å²) in [7, 11) is 0. The van der Waals surface area contributed by atoms with Crippen LogP contribution in [-0.2, 0) is 0 Å². The summed E-state index contributed by atoms with van der Waals surface area (Å²) < 4.78 is 3.12. The second kappa shape index (κ2) is 3.34. The highest BCUT2D eigenvalue weighted by Crippen LogP contribution is 2.08. The summed E-state index contributed by atoms with van der Waals surface area (Å²) >= 11 is 0. The largest absolute Gasteiger partial charge is 0.311 e. The van der Waals surface area contributed by atoms with Crippen molar-refractivity contribution < 1.29 is 0 Å². The van der Waals surface area contributed by atoms with Gasteiger partial charge in [-0.05, 0) is 19.9 Å². The number of pyridine rings is 1. The van der Waals surface area contributed by atoms with Gasteiger partial charge in [-0.25, -0.2) is 0 Å². The first kappa shape index (κ1) is 9.88. The first-order valence-electron chi connectivity index (χ1n) is 5.26. The van der Waals surface area contributed by atoms with Gasteiger partial charge >= 0.3 is 0 Å². The van der Waals surface area contributed by atoms with Crippen LogP contribution in [0.4, 0.5) is 0 Å². The van der Waals surface area contributed by atoms with Crippen LogP contribution >= 0.6 is 0 Å². The lowest BCUT2D eigenvalue weighted by Crippen LogP contribution is -2.23. The lowest BCUT2D eigenvalue weighted by atomic mass is 10.3. The first-order valence-corrected chi connectivity index (χ1v) is 5.26. The Hall–Kier alpha value is -2.31. The SMILES string of the molecule is CC(C)n1ccc2c(nnc3ncnn32)c1=O. The van der Waals surface area contributed by atoms with Crippen molar-refractivity contribution in [3.63, 3.8) is 0 Å². The van der Waals surface area contributed by atoms with E-state index in [9.17, 15) is 4.79 Å². The van der Waals surface area contributed by atoms with E-state index in [0.29, 0.717) is 16.8 Å². The molecule has 0 saturated carbocycles. The molecule has 0 spiro atoms. The zero-order valence-electron chi connectivity index (χ0n) is 9.40. The summed E-state index contributed by atoms with van der Waals surface area (Å²) in [4.78, 5) is 16.1. The van der Waals surface area contributed by atoms with E-state index in [1.165, 1.54) is 10.8 Å². The maximum Gasteiger partial charge on any atom is 0.280 e. The van der Waals surface area contributed by atoms with Crippen LogP contribution in [-0.4, -0.2) is 29.4 Å². The molecule has 0 amide bonds. The summed E-state index contributed by atoms with van der Waals surface area (Å²) in [5.74, 6) is 0.388. The molecule has 0 atom stereocenters. The number of nitrogens with zero attached hydrogens (tertiary/aromatic N) is 6. The average Bonchev–Trinajstić information content (AvgIpc) is 2.77. The zero-order valence-corrected chi connectivity index (χ0v) is 9.40. The molecular formula is C10H10N6O. The van der Waals surface area contributed by atoms with Gasteiger partial charge in [0.25, 0.3) is 11.3 Å². The summed E-state index contributed by atoms with van der Waals surface area (Å²) in [6.07, 6.45) is 3.12. The molecule has 0 aliphatic heterocycles. The van der Waals surface area contributed by atoms with Crippen molar-refractivity contribution in [2.75, 3.05) is 0 Å². The molecule has 3 aromatic rings. The maximum absolute atomic E-state index is 12.1. The minimum Gasteiger partial charge on any atom is -0.311 e. The van der Waals surface area contributed by atoms with Crippen LogP contribution in [0, 0.1) is 0 Å². The second-order valence-corrected chi connectivity index (χ2v) is 4.03. The molecule has 7 heteroatoms. The summed E-state index contributed by atoms with van der Waals surface area (Å²) in [6, 6.07) is 1.88. The molecule has 0 saturated heterocycles. The molecule has 17 heavy (non-hydrogen) atoms. The number of rotatable bonds is 1. The smallest absolute Gasteiger partial charge is 0.280 e. The van der Waals surface area contributed by atoms with Gasteiger partial charge < -0.3 is 4.57 Å². The molecule has 0 unspecified atom stereocenters. The van der Waals surface area contributed by atoms with Gasteiger partial charge in [-0.15, -0.1) is 10.2 Å². The second-order valence-electron chi connectivity index (χ2n) is 4.03. The number of hydrogen-bond acceptors (Lipinski definition) is 5. The van der Waals surface area contributed by atoms with Crippen molar-refractivity contribution in [3.05, 3.63) is 28.9 Å². The van der Waals surface area contributed by atoms with Crippen LogP contribution in [0.3, 0.4) is 0 Å². The van der Waals surface area contributed by atoms with E-state index in [-0.39, 0.29) is 11.6 Å². The fourth-order valence-electron chi connectivity index (χ4n) is 1.77. The third kappa shape index (κ3) is 1.32. The van der Waals surface area contributed by atoms with Crippen LogP contribution in [0.1, 0.15) is 19.9 Å². The standard InChI is InChI=1S/C10H10N6O/c1-6(2)15-4-3-7-8(9(15)17)13-14-10-11-5-12-16(7)10/h3-6H,1-2H3. The molecule has 0 aliphatic carbocycles. The minimum absolute atomic E-state index is 0.0835. The number of aromatic nitrogens is 6. The highest BCUT2D eigenvalue weighted by Gasteiger charge is 2.10. The van der Waals surface area contributed by atoms with E-state index >= 15 is 0 Å². The van der Waals surface area contributed by atoms with Gasteiger partial charge in [0, 0.05) is 12.2 Å². The molecule has 0 N–H and O–H groups in total. The molecule has 0 bridgehead atoms. The van der Waals surface area contributed by atoms with Crippen molar-refractivity contribution >= 4 is 16.8 Å². The van der Waals surface area contributed by atoms with E-state index in [2.05, 4.69) is 20.3 Å². The summed E-state index contributed by atoms with van der Waals surface area (Å²) in [6.45, 7) is 3.88. The van der Waals surface area contributed by atoms with Gasteiger partial charge in [0.1, 0.15) is 11.8 Å². The average molecular weight is 230 g/mol. The maximum atomic E-state index is 12.1. The molecule has 86 valence electrons. The third-order valence-corrected chi connectivity index (χ3v) is 2.63. The molecular weight excluding hydrogens is 220 g/mol. The lowest BCUT2D eigenvalue weighted by Gasteiger charge is -2.09. The zero-order chi connectivity index (χ0) is 12.0. The van der Waals surface area contributed by atoms with Crippen molar-refractivity contribution in [2.24, 2.45) is 0 Å². The molecule has 3 aromatic heterocycles. The Morgan fingerprint density at radius 3 is 2.88 bits per heavy atom. The first-order chi connectivity index (χ1) is 8.18. The molecule has 0 radical (unpaired) electrons. The van der Waals surface area contributed by atoms with Crippen molar-refractivity contribution in [1.82, 2.24) is 29.4 Å². The van der Waals surface area contributed by atoms with Crippen LogP contribution in [0.15, 0.2) is 23.4 Å². The van der Waals surface area contributed by atoms with E-state index in [0.717, 1.165) is 0 Å². The predicted octanol–water partition coefficient (Wildman–Crippen LogP) is 0.415. The lowest BCUT2D eigenvalue weighted by molar-refractivity contribution is 0.581. The molecule has 0 fully saturated rings. The quantitative estimate of drug-likeness (QED) is 0.605. The Balaban J connectivity index is 2.49. The van der Waals surface area contributed by atoms with E-state index in [1.54, 1.807) is 16.8 Å². The van der Waals surface area contributed by atoms with Crippen molar-refractivity contribution in [2.45, 2.75) is 19.9 Å². The highest BCUT2D eigenvalue weighted by atomic mass is 16.1. The number of hydrogen-bond donors (Lipinski definition) is 0. The summed E-state index contributed by atoms with van der Waals surface area (Å²) in [5.41, 5.74) is 0.760. The molecule has 3 heterocycles. The third-order valence-electron chi connectivity index (χ3n) is 2.63. The topological polar surface area (TPSA) is 78.0 Å². The fourth-order valence-corrected chi connectivity index (χ4v) is 1.77. The van der Waals surface area contributed by atoms with Crippen molar-refractivity contribution in [3.8, 4) is 0 Å². The Kier molecular flexibility index (Phi) is 1.94. The fraction of sp³-hybridized carbons (Fsp3) is 0.300. The Labute approximate surface area is 95.7 Å². The number of fused-ring (bicyclic) bond motifs is 3. The predicted molar refractivity (Wildman–Crippen MR) is 60.7 cm³/mol. The normalized spacial score (nSPS) is 11.7. The molecule has 0 aromatic carbocycles. The van der Waals surface area contributed by atoms with Crippen LogP contribution in [0.2, 0.25) is 0 Å². The Morgan fingerprint density at radius 2 is 2.12 bits per heavy atom. The van der Waals surface area contributed by atoms with Gasteiger partial charge in [0.05, 0.1) is 0 Å². The van der Waals surface area contributed by atoms with Gasteiger partial charge in [-0.2, -0.15) is 14.6 Å². The summed E-state index contributed by atoms with van der Waals surface area (Å²) in [5, 5.41) is 11.8. The van der Waals surface area contributed by atoms with Gasteiger partial charge in [-0.1, -0.05) is 0 Å². The van der Waals surface area contributed by atoms with E-state index in [1.807, 2.05) is 13.8 Å². The van der Waals surface area contributed by atoms with E-state index in [4.69, 9.17) is 0 Å². The van der Waals surface area contributed by atoms with E-state index < -0.39 is 0 Å². The van der Waals surface area contributed by atoms with Crippen LogP contribution < -0.4 is 5.56 Å². The van der Waals surface area contributed by atoms with Crippen molar-refractivity contribution in [1.29, 1.82) is 0 Å². The Morgan fingerprint density at radius 1 is 1.29 bits per heavy atom.